The van der Waals surface area contributed by atoms with Crippen molar-refractivity contribution in [1.82, 2.24) is 5.32 Å². The van der Waals surface area contributed by atoms with Crippen LogP contribution in [0.4, 0.5) is 11.4 Å². The molecule has 2 aromatic rings. The molecular weight excluding hydrogens is 394 g/mol. The van der Waals surface area contributed by atoms with Crippen molar-refractivity contribution in [3.8, 4) is 5.75 Å². The first kappa shape index (κ1) is 19.3. The summed E-state index contributed by atoms with van der Waals surface area (Å²) in [5.41, 5.74) is 1.27. The van der Waals surface area contributed by atoms with Gasteiger partial charge in [-0.05, 0) is 30.3 Å². The van der Waals surface area contributed by atoms with Gasteiger partial charge in [0.1, 0.15) is 5.75 Å². The molecule has 0 radical (unpaired) electrons. The maximum atomic E-state index is 13.3. The van der Waals surface area contributed by atoms with Crippen LogP contribution in [0.2, 0.25) is 5.02 Å². The number of halogens is 1. The van der Waals surface area contributed by atoms with Crippen LogP contribution in [0.25, 0.3) is 0 Å². The van der Waals surface area contributed by atoms with Gasteiger partial charge in [0, 0.05) is 30.7 Å². The number of ether oxygens (including phenoxy) is 1. The third-order valence-corrected chi connectivity index (χ3v) is 5.41. The van der Waals surface area contributed by atoms with Gasteiger partial charge in [-0.2, -0.15) is 0 Å². The average molecular weight is 414 g/mol. The molecule has 4 rings (SSSR count). The van der Waals surface area contributed by atoms with Crippen molar-refractivity contribution >= 4 is 40.7 Å². The maximum absolute atomic E-state index is 13.3. The van der Waals surface area contributed by atoms with Crippen LogP contribution >= 0.6 is 11.6 Å². The number of hydrogen-bond acceptors (Lipinski definition) is 4. The summed E-state index contributed by atoms with van der Waals surface area (Å²) in [4.78, 5) is 41.2. The second-order valence-corrected chi connectivity index (χ2v) is 7.46. The maximum Gasteiger partial charge on any atom is 0.262 e. The van der Waals surface area contributed by atoms with Crippen molar-refractivity contribution in [2.24, 2.45) is 5.92 Å². The summed E-state index contributed by atoms with van der Waals surface area (Å²) in [6.45, 7) is 0.361. The van der Waals surface area contributed by atoms with Gasteiger partial charge in [-0.15, -0.1) is 0 Å². The quantitative estimate of drug-likeness (QED) is 0.837. The van der Waals surface area contributed by atoms with Crippen LogP contribution < -0.4 is 19.9 Å². The molecule has 0 spiro atoms. The second-order valence-electron chi connectivity index (χ2n) is 7.02. The molecule has 2 aliphatic rings. The van der Waals surface area contributed by atoms with E-state index in [9.17, 15) is 14.4 Å². The Kier molecular flexibility index (Phi) is 5.15. The van der Waals surface area contributed by atoms with E-state index in [-0.39, 0.29) is 37.2 Å². The molecule has 29 heavy (non-hydrogen) atoms. The first-order valence-electron chi connectivity index (χ1n) is 9.32. The fourth-order valence-electron chi connectivity index (χ4n) is 3.73. The van der Waals surface area contributed by atoms with Crippen molar-refractivity contribution in [2.75, 3.05) is 29.9 Å². The zero-order valence-corrected chi connectivity index (χ0v) is 16.6. The van der Waals surface area contributed by atoms with Crippen LogP contribution in [-0.4, -0.2) is 44.0 Å². The normalized spacial score (nSPS) is 20.8. The molecule has 0 bridgehead atoms. The lowest BCUT2D eigenvalue weighted by molar-refractivity contribution is -0.128. The molecule has 1 fully saturated rings. The molecule has 8 heteroatoms. The van der Waals surface area contributed by atoms with E-state index >= 15 is 0 Å². The fourth-order valence-corrected chi connectivity index (χ4v) is 3.91. The summed E-state index contributed by atoms with van der Waals surface area (Å²) in [5, 5.41) is 3.09. The molecule has 3 amide bonds. The number of hydrogen-bond donors (Lipinski definition) is 1. The smallest absolute Gasteiger partial charge is 0.262 e. The zero-order chi connectivity index (χ0) is 20.5. The van der Waals surface area contributed by atoms with Gasteiger partial charge in [-0.25, -0.2) is 0 Å². The van der Waals surface area contributed by atoms with Gasteiger partial charge in [0.25, 0.3) is 5.91 Å². The minimum absolute atomic E-state index is 0.0946. The summed E-state index contributed by atoms with van der Waals surface area (Å²) in [7, 11) is 1.52. The van der Waals surface area contributed by atoms with Crippen molar-refractivity contribution in [1.29, 1.82) is 0 Å². The highest BCUT2D eigenvalue weighted by Crippen LogP contribution is 2.36. The first-order chi connectivity index (χ1) is 14.0. The van der Waals surface area contributed by atoms with E-state index in [0.717, 1.165) is 0 Å². The van der Waals surface area contributed by atoms with Gasteiger partial charge in [0.05, 0.1) is 18.2 Å². The number of carbonyl (C=O) groups excluding carboxylic acids is 3. The van der Waals surface area contributed by atoms with Gasteiger partial charge in [-0.3, -0.25) is 14.4 Å². The minimum atomic E-state index is -0.806. The summed E-state index contributed by atoms with van der Waals surface area (Å²) < 4.78 is 5.75. The van der Waals surface area contributed by atoms with Crippen LogP contribution in [0, 0.1) is 5.92 Å². The molecule has 2 aliphatic heterocycles. The van der Waals surface area contributed by atoms with Crippen LogP contribution in [0.1, 0.15) is 6.42 Å². The third kappa shape index (κ3) is 3.65. The Morgan fingerprint density at radius 1 is 1.14 bits per heavy atom. The van der Waals surface area contributed by atoms with Crippen molar-refractivity contribution in [2.45, 2.75) is 12.5 Å². The number of carbonyl (C=O) groups is 3. The van der Waals surface area contributed by atoms with Crippen LogP contribution in [0.3, 0.4) is 0 Å². The molecule has 2 unspecified atom stereocenters. The second kappa shape index (κ2) is 7.75. The number of fused-ring (bicyclic) bond motifs is 1. The number of amides is 3. The van der Waals surface area contributed by atoms with E-state index in [4.69, 9.17) is 16.3 Å². The van der Waals surface area contributed by atoms with Crippen molar-refractivity contribution in [3.05, 3.63) is 53.6 Å². The topological polar surface area (TPSA) is 79.0 Å². The predicted octanol–water partition coefficient (Wildman–Crippen LogP) is 2.23. The number of likely N-dealkylation sites (N-methyl/N-ethyl adjacent to an activating group) is 1. The van der Waals surface area contributed by atoms with E-state index < -0.39 is 12.0 Å². The monoisotopic (exact) mass is 413 g/mol. The average Bonchev–Trinajstić information content (AvgIpc) is 3.13. The van der Waals surface area contributed by atoms with Crippen molar-refractivity contribution in [3.63, 3.8) is 0 Å². The van der Waals surface area contributed by atoms with E-state index in [1.165, 1.54) is 7.05 Å². The lowest BCUT2D eigenvalue weighted by atomic mass is 10.0. The summed E-state index contributed by atoms with van der Waals surface area (Å²) >= 11 is 6.04. The Balaban J connectivity index is 1.59. The van der Waals surface area contributed by atoms with Crippen LogP contribution in [-0.2, 0) is 14.4 Å². The van der Waals surface area contributed by atoms with E-state index in [0.29, 0.717) is 22.1 Å². The van der Waals surface area contributed by atoms with Gasteiger partial charge < -0.3 is 19.9 Å². The lowest BCUT2D eigenvalue weighted by Gasteiger charge is -2.35. The van der Waals surface area contributed by atoms with Gasteiger partial charge >= 0.3 is 0 Å². The molecule has 1 N–H and O–H groups in total. The van der Waals surface area contributed by atoms with Gasteiger partial charge in [0.2, 0.25) is 11.8 Å². The Labute approximate surface area is 173 Å². The highest BCUT2D eigenvalue weighted by Gasteiger charge is 2.41. The fraction of sp³-hybridized carbons (Fsp3) is 0.286. The molecule has 2 aromatic carbocycles. The van der Waals surface area contributed by atoms with Gasteiger partial charge in [-0.1, -0.05) is 29.8 Å². The highest BCUT2D eigenvalue weighted by atomic mass is 35.5. The first-order valence-corrected chi connectivity index (χ1v) is 9.70. The summed E-state index contributed by atoms with van der Waals surface area (Å²) in [6, 6.07) is 14.1. The molecule has 150 valence electrons. The number of nitrogens with zero attached hydrogens (tertiary/aromatic N) is 2. The highest BCUT2D eigenvalue weighted by molar-refractivity contribution is 6.31. The minimum Gasteiger partial charge on any atom is -0.477 e. The summed E-state index contributed by atoms with van der Waals surface area (Å²) in [5.74, 6) is -0.683. The zero-order valence-electron chi connectivity index (χ0n) is 15.8. The number of para-hydroxylation sites is 2. The van der Waals surface area contributed by atoms with E-state index in [1.54, 1.807) is 58.3 Å². The molecular formula is C21H20ClN3O4. The third-order valence-electron chi connectivity index (χ3n) is 5.17. The Morgan fingerprint density at radius 3 is 2.69 bits per heavy atom. The Morgan fingerprint density at radius 2 is 1.93 bits per heavy atom. The molecule has 7 nitrogen and oxygen atoms in total. The summed E-state index contributed by atoms with van der Waals surface area (Å²) in [6.07, 6.45) is -0.699. The SMILES string of the molecule is CNC(=O)C1CN(C(=O)C2CC(=O)N(c3cccc(Cl)c3)C2)c2ccccc2O1. The Hall–Kier alpha value is -3.06. The predicted molar refractivity (Wildman–Crippen MR) is 109 cm³/mol. The molecule has 0 saturated carbocycles. The van der Waals surface area contributed by atoms with Crippen molar-refractivity contribution < 1.29 is 19.1 Å². The molecule has 0 aliphatic carbocycles. The molecule has 1 saturated heterocycles. The van der Waals surface area contributed by atoms with Gasteiger partial charge in [0.15, 0.2) is 6.10 Å². The molecule has 2 atom stereocenters. The number of rotatable bonds is 3. The van der Waals surface area contributed by atoms with Crippen LogP contribution in [0.15, 0.2) is 48.5 Å². The Bertz CT molecular complexity index is 980. The largest absolute Gasteiger partial charge is 0.477 e. The van der Waals surface area contributed by atoms with E-state index in [1.807, 2.05) is 0 Å². The number of nitrogens with one attached hydrogen (secondary N) is 1. The van der Waals surface area contributed by atoms with Crippen LogP contribution in [0.5, 0.6) is 5.75 Å². The molecule has 0 aromatic heterocycles. The standard InChI is InChI=1S/C21H20ClN3O4/c1-23-20(27)18-12-25(16-7-2-3-8-17(16)29-18)21(28)13-9-19(26)24(11-13)15-6-4-5-14(22)10-15/h2-8,10,13,18H,9,11-12H2,1H3,(H,23,27). The number of anilines is 2. The van der Waals surface area contributed by atoms with E-state index in [2.05, 4.69) is 5.32 Å². The molecule has 2 heterocycles. The lowest BCUT2D eigenvalue weighted by Crippen LogP contribution is -2.51. The number of benzene rings is 2.